The molecule has 1 heteroatoms. The van der Waals surface area contributed by atoms with Crippen LogP contribution in [0.2, 0.25) is 0 Å². The van der Waals surface area contributed by atoms with Crippen molar-refractivity contribution in [1.82, 2.24) is 0 Å². The molecule has 0 aromatic heterocycles. The van der Waals surface area contributed by atoms with Crippen LogP contribution in [-0.4, -0.2) is 13.2 Å². The predicted octanol–water partition coefficient (Wildman–Crippen LogP) is 9.62. The summed E-state index contributed by atoms with van der Waals surface area (Å²) in [6.07, 6.45) is 31.6. The van der Waals surface area contributed by atoms with Crippen molar-refractivity contribution in [2.45, 2.75) is 155 Å². The first-order valence-electron chi connectivity index (χ1n) is 13.0. The summed E-state index contributed by atoms with van der Waals surface area (Å²) in [4.78, 5) is 0. The fraction of sp³-hybridized carbons (Fsp3) is 1.00. The number of hydrogen-bond acceptors (Lipinski definition) is 1. The molecular formula is C26H54O. The maximum atomic E-state index is 5.52. The third-order valence-corrected chi connectivity index (χ3v) is 5.74. The Labute approximate surface area is 173 Å². The fourth-order valence-corrected chi connectivity index (χ4v) is 3.88. The van der Waals surface area contributed by atoms with Gasteiger partial charge < -0.3 is 4.74 Å². The van der Waals surface area contributed by atoms with Crippen LogP contribution >= 0.6 is 0 Å². The van der Waals surface area contributed by atoms with Crippen molar-refractivity contribution in [1.29, 1.82) is 0 Å². The molecule has 0 bridgehead atoms. The Balaban J connectivity index is 2.95. The minimum atomic E-state index is 0.944. The smallest absolute Gasteiger partial charge is 0.0466 e. The Bertz CT molecular complexity index is 214. The van der Waals surface area contributed by atoms with E-state index in [-0.39, 0.29) is 0 Å². The van der Waals surface area contributed by atoms with Gasteiger partial charge in [-0.3, -0.25) is 0 Å². The maximum absolute atomic E-state index is 5.52. The molecule has 0 saturated carbocycles. The minimum Gasteiger partial charge on any atom is -0.381 e. The molecule has 164 valence electrons. The monoisotopic (exact) mass is 382 g/mol. The summed E-state index contributed by atoms with van der Waals surface area (Å²) in [7, 11) is 0. The van der Waals surface area contributed by atoms with Gasteiger partial charge in [-0.05, 0) is 12.8 Å². The Morgan fingerprint density at radius 3 is 0.889 bits per heavy atom. The summed E-state index contributed by atoms with van der Waals surface area (Å²) >= 11 is 0. The van der Waals surface area contributed by atoms with Gasteiger partial charge in [0.1, 0.15) is 0 Å². The van der Waals surface area contributed by atoms with E-state index in [0.29, 0.717) is 0 Å². The average molecular weight is 383 g/mol. The van der Waals surface area contributed by atoms with Crippen LogP contribution in [0.3, 0.4) is 0 Å². The van der Waals surface area contributed by atoms with Crippen molar-refractivity contribution in [3.05, 3.63) is 0 Å². The van der Waals surface area contributed by atoms with E-state index in [1.165, 1.54) is 135 Å². The molecule has 0 N–H and O–H groups in total. The van der Waals surface area contributed by atoms with Crippen molar-refractivity contribution < 1.29 is 4.74 Å². The van der Waals surface area contributed by atoms with Gasteiger partial charge in [-0.25, -0.2) is 0 Å². The molecule has 0 radical (unpaired) electrons. The number of hydrogen-bond donors (Lipinski definition) is 0. The Kier molecular flexibility index (Phi) is 25.9. The van der Waals surface area contributed by atoms with Gasteiger partial charge in [0.2, 0.25) is 0 Å². The molecule has 0 saturated heterocycles. The van der Waals surface area contributed by atoms with Crippen molar-refractivity contribution in [3.8, 4) is 0 Å². The van der Waals surface area contributed by atoms with Crippen molar-refractivity contribution in [2.75, 3.05) is 13.2 Å². The number of unbranched alkanes of at least 4 members (excludes halogenated alkanes) is 20. The van der Waals surface area contributed by atoms with Gasteiger partial charge in [0.05, 0.1) is 0 Å². The molecule has 0 rings (SSSR count). The maximum Gasteiger partial charge on any atom is 0.0466 e. The third kappa shape index (κ3) is 26.0. The van der Waals surface area contributed by atoms with Crippen LogP contribution in [0.15, 0.2) is 0 Å². The zero-order chi connectivity index (χ0) is 19.7. The molecule has 0 aliphatic rings. The number of ether oxygens (including phenoxy) is 1. The molecule has 0 heterocycles. The van der Waals surface area contributed by atoms with Crippen LogP contribution in [0.4, 0.5) is 0 Å². The van der Waals surface area contributed by atoms with E-state index < -0.39 is 0 Å². The Morgan fingerprint density at radius 2 is 0.593 bits per heavy atom. The van der Waals surface area contributed by atoms with Crippen molar-refractivity contribution in [2.24, 2.45) is 0 Å². The lowest BCUT2D eigenvalue weighted by molar-refractivity contribution is 0.130. The second-order valence-electron chi connectivity index (χ2n) is 8.68. The van der Waals surface area contributed by atoms with Crippen LogP contribution in [0, 0.1) is 0 Å². The standard InChI is InChI=1S/C26H54O/c1-3-5-6-7-8-9-10-11-12-13-14-15-16-17-18-19-20-21-22-23-24-26-27-25-4-2/h3-26H2,1-2H3. The topological polar surface area (TPSA) is 9.23 Å². The third-order valence-electron chi connectivity index (χ3n) is 5.74. The van der Waals surface area contributed by atoms with Crippen LogP contribution in [0.25, 0.3) is 0 Å². The minimum absolute atomic E-state index is 0.944. The molecule has 0 aromatic rings. The largest absolute Gasteiger partial charge is 0.381 e. The molecule has 0 amide bonds. The molecule has 0 spiro atoms. The van der Waals surface area contributed by atoms with E-state index in [1.807, 2.05) is 0 Å². The SMILES string of the molecule is CCCCCCCCCCCCCCCCCCCCCCCOCCC. The molecular weight excluding hydrogens is 328 g/mol. The van der Waals surface area contributed by atoms with E-state index in [0.717, 1.165) is 19.6 Å². The van der Waals surface area contributed by atoms with Gasteiger partial charge in [-0.2, -0.15) is 0 Å². The normalized spacial score (nSPS) is 11.3. The zero-order valence-corrected chi connectivity index (χ0v) is 19.4. The highest BCUT2D eigenvalue weighted by atomic mass is 16.5. The van der Waals surface area contributed by atoms with Gasteiger partial charge >= 0.3 is 0 Å². The summed E-state index contributed by atoms with van der Waals surface area (Å²) in [6, 6.07) is 0. The van der Waals surface area contributed by atoms with Gasteiger partial charge in [-0.15, -0.1) is 0 Å². The second-order valence-corrected chi connectivity index (χ2v) is 8.68. The lowest BCUT2D eigenvalue weighted by Gasteiger charge is -2.04. The van der Waals surface area contributed by atoms with E-state index in [9.17, 15) is 0 Å². The molecule has 0 fully saturated rings. The summed E-state index contributed by atoms with van der Waals surface area (Å²) < 4.78 is 5.52. The van der Waals surface area contributed by atoms with E-state index in [2.05, 4.69) is 13.8 Å². The summed E-state index contributed by atoms with van der Waals surface area (Å²) in [5.74, 6) is 0. The van der Waals surface area contributed by atoms with E-state index in [1.54, 1.807) is 0 Å². The van der Waals surface area contributed by atoms with Gasteiger partial charge in [0, 0.05) is 13.2 Å². The summed E-state index contributed by atoms with van der Waals surface area (Å²) in [5.41, 5.74) is 0. The Morgan fingerprint density at radius 1 is 0.296 bits per heavy atom. The molecule has 1 nitrogen and oxygen atoms in total. The quantitative estimate of drug-likeness (QED) is 0.151. The zero-order valence-electron chi connectivity index (χ0n) is 19.4. The van der Waals surface area contributed by atoms with E-state index in [4.69, 9.17) is 4.74 Å². The molecule has 27 heavy (non-hydrogen) atoms. The number of rotatable bonds is 24. The highest BCUT2D eigenvalue weighted by Crippen LogP contribution is 2.15. The first kappa shape index (κ1) is 27.0. The van der Waals surface area contributed by atoms with Crippen LogP contribution in [-0.2, 0) is 4.74 Å². The van der Waals surface area contributed by atoms with Crippen LogP contribution < -0.4 is 0 Å². The predicted molar refractivity (Wildman–Crippen MR) is 124 cm³/mol. The lowest BCUT2D eigenvalue weighted by atomic mass is 10.0. The average Bonchev–Trinajstić information content (AvgIpc) is 2.68. The van der Waals surface area contributed by atoms with E-state index >= 15 is 0 Å². The van der Waals surface area contributed by atoms with Crippen molar-refractivity contribution in [3.63, 3.8) is 0 Å². The summed E-state index contributed by atoms with van der Waals surface area (Å²) in [5, 5.41) is 0. The molecule has 0 unspecified atom stereocenters. The highest BCUT2D eigenvalue weighted by molar-refractivity contribution is 4.51. The van der Waals surface area contributed by atoms with Crippen LogP contribution in [0.5, 0.6) is 0 Å². The van der Waals surface area contributed by atoms with Gasteiger partial charge in [0.15, 0.2) is 0 Å². The van der Waals surface area contributed by atoms with Crippen LogP contribution in [0.1, 0.15) is 155 Å². The molecule has 0 aliphatic heterocycles. The first-order valence-corrected chi connectivity index (χ1v) is 13.0. The Hall–Kier alpha value is -0.0400. The molecule has 0 atom stereocenters. The molecule has 0 aliphatic carbocycles. The van der Waals surface area contributed by atoms with Crippen molar-refractivity contribution >= 4 is 0 Å². The second kappa shape index (κ2) is 26.0. The van der Waals surface area contributed by atoms with Gasteiger partial charge in [0.25, 0.3) is 0 Å². The summed E-state index contributed by atoms with van der Waals surface area (Å²) in [6.45, 7) is 6.40. The highest BCUT2D eigenvalue weighted by Gasteiger charge is 1.95. The van der Waals surface area contributed by atoms with Gasteiger partial charge in [-0.1, -0.05) is 142 Å². The lowest BCUT2D eigenvalue weighted by Crippen LogP contribution is -1.95. The fourth-order valence-electron chi connectivity index (χ4n) is 3.88. The first-order chi connectivity index (χ1) is 13.4. The molecule has 0 aromatic carbocycles.